The standard InChI is InChI=1S/C29H51N5O8S2/c1-16(2)10-22(24(35)11-19(7)26(36)34-25(18(5)6)28(38)30-12-17(3)4)32-27(37)23(15-44(9,40)41)33-29(39)42-13-21-14-43-20(8)31-21/h14,16-19,22-25,35H,10-13,15H2,1-9H3,(H,30,38)(H,32,37)(H,33,39)(H,34,36)/t19-,22-,23+,24+,25-/m1/s1. The van der Waals surface area contributed by atoms with Gasteiger partial charge in [-0.3, -0.25) is 14.4 Å². The van der Waals surface area contributed by atoms with E-state index < -0.39 is 63.6 Å². The van der Waals surface area contributed by atoms with Gasteiger partial charge in [-0.1, -0.05) is 48.5 Å². The number of carbonyl (C=O) groups is 4. The molecule has 0 saturated heterocycles. The zero-order valence-corrected chi connectivity index (χ0v) is 28.9. The highest BCUT2D eigenvalue weighted by atomic mass is 32.2. The lowest BCUT2D eigenvalue weighted by Gasteiger charge is -2.30. The number of carbonyl (C=O) groups excluding carboxylic acids is 4. The number of aryl methyl sites for hydroxylation is 1. The van der Waals surface area contributed by atoms with Gasteiger partial charge in [0.1, 0.15) is 28.5 Å². The van der Waals surface area contributed by atoms with Gasteiger partial charge in [0.2, 0.25) is 17.7 Å². The summed E-state index contributed by atoms with van der Waals surface area (Å²) in [6.07, 6.45) is -0.975. The number of hydrogen-bond donors (Lipinski definition) is 5. The van der Waals surface area contributed by atoms with Crippen molar-refractivity contribution >= 4 is 45.0 Å². The van der Waals surface area contributed by atoms with E-state index in [4.69, 9.17) is 4.74 Å². The molecule has 1 aromatic heterocycles. The molecule has 0 aliphatic carbocycles. The smallest absolute Gasteiger partial charge is 0.408 e. The molecule has 0 aliphatic heterocycles. The molecule has 0 unspecified atom stereocenters. The molecule has 4 amide bonds. The van der Waals surface area contributed by atoms with Gasteiger partial charge in [-0.05, 0) is 37.5 Å². The zero-order valence-electron chi connectivity index (χ0n) is 27.3. The van der Waals surface area contributed by atoms with Crippen LogP contribution < -0.4 is 21.3 Å². The Morgan fingerprint density at radius 2 is 1.57 bits per heavy atom. The molecular weight excluding hydrogens is 610 g/mol. The highest BCUT2D eigenvalue weighted by Crippen LogP contribution is 2.17. The molecule has 1 rings (SSSR count). The van der Waals surface area contributed by atoms with Crippen LogP contribution in [0.25, 0.3) is 0 Å². The average Bonchev–Trinajstić information content (AvgIpc) is 3.31. The Balaban J connectivity index is 2.95. The van der Waals surface area contributed by atoms with Gasteiger partial charge in [0.25, 0.3) is 0 Å². The van der Waals surface area contributed by atoms with Crippen LogP contribution in [-0.2, 0) is 35.6 Å². The van der Waals surface area contributed by atoms with E-state index in [-0.39, 0.29) is 36.7 Å². The van der Waals surface area contributed by atoms with E-state index >= 15 is 0 Å². The second kappa shape index (κ2) is 18.3. The van der Waals surface area contributed by atoms with Gasteiger partial charge in [-0.2, -0.15) is 0 Å². The summed E-state index contributed by atoms with van der Waals surface area (Å²) in [4.78, 5) is 55.6. The fraction of sp³-hybridized carbons (Fsp3) is 0.759. The van der Waals surface area contributed by atoms with Crippen molar-refractivity contribution in [3.8, 4) is 0 Å². The number of rotatable bonds is 18. The monoisotopic (exact) mass is 661 g/mol. The highest BCUT2D eigenvalue weighted by Gasteiger charge is 2.33. The number of aromatic nitrogens is 1. The lowest BCUT2D eigenvalue weighted by Crippen LogP contribution is -2.55. The molecule has 0 spiro atoms. The third-order valence-electron chi connectivity index (χ3n) is 6.59. The number of hydrogen-bond acceptors (Lipinski definition) is 10. The second-order valence-electron chi connectivity index (χ2n) is 12.5. The van der Waals surface area contributed by atoms with Crippen LogP contribution >= 0.6 is 11.3 Å². The quantitative estimate of drug-likeness (QED) is 0.156. The minimum atomic E-state index is -3.71. The fourth-order valence-electron chi connectivity index (χ4n) is 4.27. The first-order chi connectivity index (χ1) is 20.3. The molecule has 5 atom stereocenters. The molecule has 252 valence electrons. The Labute approximate surface area is 265 Å². The maximum atomic E-state index is 13.3. The van der Waals surface area contributed by atoms with Gasteiger partial charge < -0.3 is 31.1 Å². The Kier molecular flexibility index (Phi) is 16.3. The van der Waals surface area contributed by atoms with Crippen molar-refractivity contribution in [2.75, 3.05) is 18.6 Å². The second-order valence-corrected chi connectivity index (χ2v) is 15.8. The van der Waals surface area contributed by atoms with Crippen molar-refractivity contribution in [1.29, 1.82) is 0 Å². The number of nitrogens with zero attached hydrogens (tertiary/aromatic N) is 1. The third-order valence-corrected chi connectivity index (χ3v) is 8.35. The summed E-state index contributed by atoms with van der Waals surface area (Å²) in [6.45, 7) is 15.1. The number of ether oxygens (including phenoxy) is 1. The normalized spacial score (nSPS) is 15.3. The van der Waals surface area contributed by atoms with Crippen LogP contribution in [0.5, 0.6) is 0 Å². The van der Waals surface area contributed by atoms with Gasteiger partial charge in [-0.15, -0.1) is 11.3 Å². The number of aliphatic hydroxyl groups is 1. The van der Waals surface area contributed by atoms with E-state index in [1.54, 1.807) is 19.2 Å². The Hall–Kier alpha value is -2.78. The maximum absolute atomic E-state index is 13.3. The molecular formula is C29H51N5O8S2. The topological polar surface area (TPSA) is 193 Å². The van der Waals surface area contributed by atoms with Crippen LogP contribution in [0.4, 0.5) is 4.79 Å². The molecule has 13 nitrogen and oxygen atoms in total. The molecule has 0 aliphatic rings. The molecule has 0 saturated carbocycles. The van der Waals surface area contributed by atoms with Gasteiger partial charge in [0, 0.05) is 24.1 Å². The van der Waals surface area contributed by atoms with Crippen molar-refractivity contribution in [2.45, 2.75) is 99.1 Å². The molecule has 44 heavy (non-hydrogen) atoms. The van der Waals surface area contributed by atoms with E-state index in [0.29, 0.717) is 18.7 Å². The summed E-state index contributed by atoms with van der Waals surface area (Å²) < 4.78 is 29.3. The average molecular weight is 662 g/mol. The minimum absolute atomic E-state index is 0.0157. The molecule has 0 fully saturated rings. The summed E-state index contributed by atoms with van der Waals surface area (Å²) >= 11 is 1.38. The number of thiazole rings is 1. The third kappa shape index (κ3) is 15.3. The molecule has 0 radical (unpaired) electrons. The van der Waals surface area contributed by atoms with Crippen molar-refractivity contribution < 1.29 is 37.4 Å². The summed E-state index contributed by atoms with van der Waals surface area (Å²) in [5.41, 5.74) is 0.515. The predicted molar refractivity (Wildman–Crippen MR) is 169 cm³/mol. The molecule has 0 bridgehead atoms. The van der Waals surface area contributed by atoms with Crippen LogP contribution in [0.15, 0.2) is 5.38 Å². The molecule has 15 heteroatoms. The first-order valence-electron chi connectivity index (χ1n) is 14.9. The maximum Gasteiger partial charge on any atom is 0.408 e. The summed E-state index contributed by atoms with van der Waals surface area (Å²) in [6, 6.07) is -3.10. The highest BCUT2D eigenvalue weighted by molar-refractivity contribution is 7.90. The first-order valence-corrected chi connectivity index (χ1v) is 17.8. The van der Waals surface area contributed by atoms with E-state index in [2.05, 4.69) is 26.3 Å². The van der Waals surface area contributed by atoms with Gasteiger partial charge in [0.05, 0.1) is 28.6 Å². The summed E-state index contributed by atoms with van der Waals surface area (Å²) in [5.74, 6) is -2.85. The number of nitrogens with one attached hydrogen (secondary N) is 4. The van der Waals surface area contributed by atoms with Gasteiger partial charge in [-0.25, -0.2) is 18.2 Å². The SMILES string of the molecule is Cc1nc(COC(=O)N[C@@H](CS(C)(=O)=O)C(=O)N[C@H](CC(C)C)[C@@H](O)C[C@@H](C)C(=O)N[C@@H](C(=O)NCC(C)C)C(C)C)cs1. The largest absolute Gasteiger partial charge is 0.443 e. The molecule has 0 aromatic carbocycles. The van der Waals surface area contributed by atoms with Crippen LogP contribution in [0.3, 0.4) is 0 Å². The summed E-state index contributed by atoms with van der Waals surface area (Å²) in [7, 11) is -3.71. The predicted octanol–water partition coefficient (Wildman–Crippen LogP) is 1.92. The molecule has 1 heterocycles. The Morgan fingerprint density at radius 1 is 0.932 bits per heavy atom. The number of alkyl carbamates (subject to hydrolysis) is 1. The lowest BCUT2D eigenvalue weighted by atomic mass is 9.91. The van der Waals surface area contributed by atoms with Crippen molar-refractivity contribution in [1.82, 2.24) is 26.3 Å². The Morgan fingerprint density at radius 3 is 2.07 bits per heavy atom. The first kappa shape index (κ1) is 39.2. The zero-order chi connectivity index (χ0) is 33.8. The van der Waals surface area contributed by atoms with Crippen molar-refractivity contribution in [2.24, 2.45) is 23.7 Å². The fourth-order valence-corrected chi connectivity index (χ4v) is 5.70. The Bertz CT molecular complexity index is 1200. The van der Waals surface area contributed by atoms with Gasteiger partial charge in [0.15, 0.2) is 0 Å². The van der Waals surface area contributed by atoms with Crippen LogP contribution in [0.1, 0.15) is 72.0 Å². The van der Waals surface area contributed by atoms with Crippen LogP contribution in [0.2, 0.25) is 0 Å². The van der Waals surface area contributed by atoms with Gasteiger partial charge >= 0.3 is 6.09 Å². The number of amides is 4. The van der Waals surface area contributed by atoms with Crippen LogP contribution in [-0.4, -0.2) is 85.1 Å². The van der Waals surface area contributed by atoms with E-state index in [1.165, 1.54) is 11.3 Å². The van der Waals surface area contributed by atoms with Crippen molar-refractivity contribution in [3.63, 3.8) is 0 Å². The molecule has 5 N–H and O–H groups in total. The minimum Gasteiger partial charge on any atom is -0.443 e. The number of sulfone groups is 1. The van der Waals surface area contributed by atoms with E-state index in [1.807, 2.05) is 41.5 Å². The van der Waals surface area contributed by atoms with Crippen molar-refractivity contribution in [3.05, 3.63) is 16.1 Å². The van der Waals surface area contributed by atoms with Crippen LogP contribution in [0, 0.1) is 30.6 Å². The lowest BCUT2D eigenvalue weighted by molar-refractivity contribution is -0.132. The summed E-state index contributed by atoms with van der Waals surface area (Å²) in [5, 5.41) is 24.2. The van der Waals surface area contributed by atoms with E-state index in [9.17, 15) is 32.7 Å². The molecule has 1 aromatic rings. The number of aliphatic hydroxyl groups excluding tert-OH is 1. The van der Waals surface area contributed by atoms with E-state index in [0.717, 1.165) is 11.3 Å².